The lowest BCUT2D eigenvalue weighted by Crippen LogP contribution is -2.16. The van der Waals surface area contributed by atoms with Crippen LogP contribution in [0.15, 0.2) is 44.3 Å². The number of terminal acetylenes is 1. The Balaban J connectivity index is 2.26. The summed E-state index contributed by atoms with van der Waals surface area (Å²) in [6.07, 6.45) is 6.36. The molecule has 0 aliphatic rings. The molecule has 2 aromatic heterocycles. The molecule has 23 heavy (non-hydrogen) atoms. The Morgan fingerprint density at radius 1 is 1.35 bits per heavy atom. The van der Waals surface area contributed by atoms with E-state index in [0.717, 1.165) is 28.0 Å². The van der Waals surface area contributed by atoms with Gasteiger partial charge in [-0.1, -0.05) is 36.3 Å². The van der Waals surface area contributed by atoms with Crippen molar-refractivity contribution in [2.45, 2.75) is 24.1 Å². The predicted octanol–water partition coefficient (Wildman–Crippen LogP) is 3.25. The van der Waals surface area contributed by atoms with Crippen molar-refractivity contribution in [3.8, 4) is 12.3 Å². The molecule has 3 rings (SSSR count). The van der Waals surface area contributed by atoms with Crippen molar-refractivity contribution in [1.29, 1.82) is 0 Å². The van der Waals surface area contributed by atoms with Gasteiger partial charge in [-0.15, -0.1) is 22.2 Å². The first-order chi connectivity index (χ1) is 11.0. The van der Waals surface area contributed by atoms with E-state index in [-0.39, 0.29) is 10.8 Å². The highest BCUT2D eigenvalue weighted by Gasteiger charge is 2.15. The molecular weight excluding hydrogens is 348 g/mol. The van der Waals surface area contributed by atoms with E-state index in [1.54, 1.807) is 22.1 Å². The van der Waals surface area contributed by atoms with E-state index in [4.69, 9.17) is 6.42 Å². The molecule has 0 atom stereocenters. The van der Waals surface area contributed by atoms with Gasteiger partial charge in [0.2, 0.25) is 4.80 Å². The van der Waals surface area contributed by atoms with Crippen LogP contribution in [0.4, 0.5) is 0 Å². The van der Waals surface area contributed by atoms with Gasteiger partial charge in [0.25, 0.3) is 10.0 Å². The predicted molar refractivity (Wildman–Crippen MR) is 95.1 cm³/mol. The molecule has 2 heterocycles. The highest BCUT2D eigenvalue weighted by molar-refractivity contribution is 7.92. The number of rotatable bonds is 4. The molecule has 0 saturated carbocycles. The highest BCUT2D eigenvalue weighted by Crippen LogP contribution is 2.22. The average Bonchev–Trinajstić information content (AvgIpc) is 3.16. The largest absolute Gasteiger partial charge is 0.304 e. The zero-order valence-electron chi connectivity index (χ0n) is 12.4. The standard InChI is InChI=1S/C16H14N2O2S3/c1-3-9-18-13-8-7-12(4-2)11-14(13)22-16(18)17-23(19,20)15-6-5-10-21-15/h1,5-8,10-11H,4,9H2,2H3/b17-16-. The summed E-state index contributed by atoms with van der Waals surface area (Å²) in [7, 11) is -3.71. The van der Waals surface area contributed by atoms with E-state index in [1.165, 1.54) is 16.9 Å². The first-order valence-electron chi connectivity index (χ1n) is 6.95. The van der Waals surface area contributed by atoms with Crippen molar-refractivity contribution in [3.05, 3.63) is 46.1 Å². The van der Waals surface area contributed by atoms with Gasteiger partial charge in [0.15, 0.2) is 0 Å². The minimum Gasteiger partial charge on any atom is -0.304 e. The summed E-state index contributed by atoms with van der Waals surface area (Å²) in [6.45, 7) is 2.36. The molecule has 0 fully saturated rings. The van der Waals surface area contributed by atoms with Gasteiger partial charge in [0.05, 0.1) is 16.8 Å². The second-order valence-electron chi connectivity index (χ2n) is 4.83. The van der Waals surface area contributed by atoms with Crippen LogP contribution in [0.5, 0.6) is 0 Å². The van der Waals surface area contributed by atoms with Crippen molar-refractivity contribution < 1.29 is 8.42 Å². The molecule has 0 amide bonds. The maximum atomic E-state index is 12.4. The number of nitrogens with zero attached hydrogens (tertiary/aromatic N) is 2. The van der Waals surface area contributed by atoms with Crippen LogP contribution in [0, 0.1) is 12.3 Å². The fourth-order valence-corrected chi connectivity index (χ4v) is 5.47. The summed E-state index contributed by atoms with van der Waals surface area (Å²) in [4.78, 5) is 0.402. The van der Waals surface area contributed by atoms with Crippen LogP contribution < -0.4 is 4.80 Å². The van der Waals surface area contributed by atoms with Crippen molar-refractivity contribution in [1.82, 2.24) is 4.57 Å². The van der Waals surface area contributed by atoms with Crippen molar-refractivity contribution in [3.63, 3.8) is 0 Å². The lowest BCUT2D eigenvalue weighted by Gasteiger charge is -2.01. The van der Waals surface area contributed by atoms with E-state index in [2.05, 4.69) is 23.3 Å². The Labute approximate surface area is 142 Å². The fourth-order valence-electron chi connectivity index (χ4n) is 2.21. The van der Waals surface area contributed by atoms with Crippen LogP contribution >= 0.6 is 22.7 Å². The Morgan fingerprint density at radius 3 is 2.83 bits per heavy atom. The molecule has 118 valence electrons. The van der Waals surface area contributed by atoms with E-state index in [9.17, 15) is 8.42 Å². The van der Waals surface area contributed by atoms with Gasteiger partial charge in [-0.05, 0) is 35.6 Å². The van der Waals surface area contributed by atoms with Crippen molar-refractivity contribution in [2.24, 2.45) is 4.40 Å². The number of hydrogen-bond acceptors (Lipinski definition) is 4. The van der Waals surface area contributed by atoms with Crippen LogP contribution in [0.1, 0.15) is 12.5 Å². The van der Waals surface area contributed by atoms with Crippen LogP contribution in [0.25, 0.3) is 10.2 Å². The first kappa shape index (κ1) is 16.0. The van der Waals surface area contributed by atoms with E-state index >= 15 is 0 Å². The summed E-state index contributed by atoms with van der Waals surface area (Å²) in [5.74, 6) is 2.57. The van der Waals surface area contributed by atoms with Gasteiger partial charge in [-0.25, -0.2) is 0 Å². The number of thiophene rings is 1. The van der Waals surface area contributed by atoms with Crippen LogP contribution in [-0.4, -0.2) is 13.0 Å². The third kappa shape index (κ3) is 3.11. The van der Waals surface area contributed by atoms with E-state index in [0.29, 0.717) is 4.80 Å². The quantitative estimate of drug-likeness (QED) is 0.669. The molecule has 0 saturated heterocycles. The van der Waals surface area contributed by atoms with Gasteiger partial charge in [0, 0.05) is 0 Å². The lowest BCUT2D eigenvalue weighted by molar-refractivity contribution is 0.598. The molecule has 7 heteroatoms. The third-order valence-corrected chi connectivity index (χ3v) is 7.15. The maximum Gasteiger partial charge on any atom is 0.294 e. The topological polar surface area (TPSA) is 51.4 Å². The van der Waals surface area contributed by atoms with Gasteiger partial charge >= 0.3 is 0 Å². The summed E-state index contributed by atoms with van der Waals surface area (Å²) in [5.41, 5.74) is 2.10. The molecular formula is C16H14N2O2S3. The van der Waals surface area contributed by atoms with Gasteiger partial charge in [-0.3, -0.25) is 0 Å². The van der Waals surface area contributed by atoms with Gasteiger partial charge in [-0.2, -0.15) is 8.42 Å². The minimum atomic E-state index is -3.71. The second-order valence-corrected chi connectivity index (χ2v) is 8.62. The van der Waals surface area contributed by atoms with Gasteiger partial charge in [0.1, 0.15) is 4.21 Å². The van der Waals surface area contributed by atoms with E-state index < -0.39 is 10.0 Å². The highest BCUT2D eigenvalue weighted by atomic mass is 32.2. The SMILES string of the molecule is C#CCn1/c(=N/S(=O)(=O)c2cccs2)sc2cc(CC)ccc21. The van der Waals surface area contributed by atoms with E-state index in [1.807, 2.05) is 12.1 Å². The summed E-state index contributed by atoms with van der Waals surface area (Å²) in [6, 6.07) is 9.31. The number of aromatic nitrogens is 1. The molecule has 0 spiro atoms. The second kappa shape index (κ2) is 6.32. The molecule has 3 aromatic rings. The Morgan fingerprint density at radius 2 is 2.17 bits per heavy atom. The molecule has 0 radical (unpaired) electrons. The summed E-state index contributed by atoms with van der Waals surface area (Å²) in [5, 5.41) is 1.72. The maximum absolute atomic E-state index is 12.4. The molecule has 0 aliphatic heterocycles. The Hall–Kier alpha value is -1.88. The smallest absolute Gasteiger partial charge is 0.294 e. The number of aryl methyl sites for hydroxylation is 1. The lowest BCUT2D eigenvalue weighted by atomic mass is 10.2. The normalized spacial score (nSPS) is 12.6. The number of fused-ring (bicyclic) bond motifs is 1. The van der Waals surface area contributed by atoms with Crippen LogP contribution in [-0.2, 0) is 23.0 Å². The summed E-state index contributed by atoms with van der Waals surface area (Å²) >= 11 is 2.50. The molecule has 0 N–H and O–H groups in total. The Kier molecular flexibility index (Phi) is 4.39. The van der Waals surface area contributed by atoms with Crippen molar-refractivity contribution in [2.75, 3.05) is 0 Å². The fraction of sp³-hybridized carbons (Fsp3) is 0.188. The molecule has 4 nitrogen and oxygen atoms in total. The first-order valence-corrected chi connectivity index (χ1v) is 10.1. The molecule has 0 unspecified atom stereocenters. The number of thiazole rings is 1. The molecule has 0 bridgehead atoms. The Bertz CT molecular complexity index is 1050. The molecule has 1 aromatic carbocycles. The third-order valence-electron chi connectivity index (χ3n) is 3.35. The van der Waals surface area contributed by atoms with Crippen molar-refractivity contribution >= 4 is 42.9 Å². The summed E-state index contributed by atoms with van der Waals surface area (Å²) < 4.78 is 31.8. The minimum absolute atomic E-state index is 0.233. The number of benzene rings is 1. The number of hydrogen-bond donors (Lipinski definition) is 0. The molecule has 0 aliphatic carbocycles. The number of sulfonamides is 1. The zero-order chi connectivity index (χ0) is 16.4. The van der Waals surface area contributed by atoms with Crippen LogP contribution in [0.3, 0.4) is 0 Å². The van der Waals surface area contributed by atoms with Gasteiger partial charge < -0.3 is 4.57 Å². The monoisotopic (exact) mass is 362 g/mol. The van der Waals surface area contributed by atoms with Crippen LogP contribution in [0.2, 0.25) is 0 Å². The average molecular weight is 363 g/mol. The zero-order valence-corrected chi connectivity index (χ0v) is 14.8.